The van der Waals surface area contributed by atoms with Crippen LogP contribution in [0.25, 0.3) is 0 Å². The van der Waals surface area contributed by atoms with Crippen LogP contribution < -0.4 is 10.6 Å². The van der Waals surface area contributed by atoms with Crippen LogP contribution in [0.2, 0.25) is 0 Å². The van der Waals surface area contributed by atoms with Crippen molar-refractivity contribution < 1.29 is 9.47 Å². The van der Waals surface area contributed by atoms with E-state index in [9.17, 15) is 0 Å². The van der Waals surface area contributed by atoms with Gasteiger partial charge in [0, 0.05) is 40.0 Å². The number of halogens is 1. The SMILES string of the molecule is CCCCOCCNC(=NC)NCCCCOCC.I. The van der Waals surface area contributed by atoms with E-state index in [1.54, 1.807) is 7.05 Å². The van der Waals surface area contributed by atoms with Gasteiger partial charge in [0.15, 0.2) is 5.96 Å². The number of guanidine groups is 1. The maximum absolute atomic E-state index is 5.48. The van der Waals surface area contributed by atoms with Gasteiger partial charge in [-0.2, -0.15) is 0 Å². The van der Waals surface area contributed by atoms with Crippen LogP contribution in [0.5, 0.6) is 0 Å². The topological polar surface area (TPSA) is 54.9 Å². The lowest BCUT2D eigenvalue weighted by Crippen LogP contribution is -2.39. The summed E-state index contributed by atoms with van der Waals surface area (Å²) in [5.74, 6) is 0.843. The first-order chi connectivity index (χ1) is 9.35. The first-order valence-electron chi connectivity index (χ1n) is 7.45. The highest BCUT2D eigenvalue weighted by Crippen LogP contribution is 1.88. The van der Waals surface area contributed by atoms with Crippen LogP contribution in [0.4, 0.5) is 0 Å². The van der Waals surface area contributed by atoms with Gasteiger partial charge < -0.3 is 20.1 Å². The highest BCUT2D eigenvalue weighted by Gasteiger charge is 1.96. The van der Waals surface area contributed by atoms with Gasteiger partial charge in [-0.1, -0.05) is 13.3 Å². The summed E-state index contributed by atoms with van der Waals surface area (Å²) in [6, 6.07) is 0. The molecule has 0 saturated carbocycles. The largest absolute Gasteiger partial charge is 0.382 e. The minimum Gasteiger partial charge on any atom is -0.382 e. The summed E-state index contributed by atoms with van der Waals surface area (Å²) in [4.78, 5) is 4.16. The van der Waals surface area contributed by atoms with Gasteiger partial charge in [0.25, 0.3) is 0 Å². The van der Waals surface area contributed by atoms with Crippen LogP contribution in [-0.2, 0) is 9.47 Å². The van der Waals surface area contributed by atoms with Crippen molar-refractivity contribution in [3.63, 3.8) is 0 Å². The molecule has 0 heterocycles. The normalized spacial score (nSPS) is 11.1. The summed E-state index contributed by atoms with van der Waals surface area (Å²) in [6.45, 7) is 9.12. The van der Waals surface area contributed by atoms with E-state index in [1.165, 1.54) is 6.42 Å². The van der Waals surface area contributed by atoms with Crippen molar-refractivity contribution in [2.45, 2.75) is 39.5 Å². The lowest BCUT2D eigenvalue weighted by atomic mass is 10.3. The Kier molecular flexibility index (Phi) is 21.0. The van der Waals surface area contributed by atoms with E-state index in [4.69, 9.17) is 9.47 Å². The van der Waals surface area contributed by atoms with Crippen molar-refractivity contribution in [1.29, 1.82) is 0 Å². The third kappa shape index (κ3) is 16.0. The molecule has 0 aliphatic heterocycles. The first kappa shape index (κ1) is 22.2. The molecule has 0 rings (SSSR count). The van der Waals surface area contributed by atoms with Crippen molar-refractivity contribution in [3.05, 3.63) is 0 Å². The second kappa shape index (κ2) is 18.9. The zero-order valence-electron chi connectivity index (χ0n) is 13.2. The molecule has 122 valence electrons. The molecule has 0 bridgehead atoms. The monoisotopic (exact) mass is 401 g/mol. The summed E-state index contributed by atoms with van der Waals surface area (Å²) in [5.41, 5.74) is 0. The molecular weight excluding hydrogens is 369 g/mol. The van der Waals surface area contributed by atoms with Gasteiger partial charge in [-0.25, -0.2) is 0 Å². The van der Waals surface area contributed by atoms with Crippen molar-refractivity contribution in [1.82, 2.24) is 10.6 Å². The molecule has 20 heavy (non-hydrogen) atoms. The van der Waals surface area contributed by atoms with E-state index in [2.05, 4.69) is 22.5 Å². The number of rotatable bonds is 12. The summed E-state index contributed by atoms with van der Waals surface area (Å²) < 4.78 is 10.8. The van der Waals surface area contributed by atoms with Crippen LogP contribution in [-0.4, -0.2) is 52.5 Å². The Labute approximate surface area is 141 Å². The molecule has 0 unspecified atom stereocenters. The molecule has 0 aromatic rings. The number of nitrogens with one attached hydrogen (secondary N) is 2. The van der Waals surface area contributed by atoms with E-state index in [1.807, 2.05) is 6.92 Å². The Balaban J connectivity index is 0. The van der Waals surface area contributed by atoms with Gasteiger partial charge in [-0.15, -0.1) is 24.0 Å². The van der Waals surface area contributed by atoms with Gasteiger partial charge in [0.2, 0.25) is 0 Å². The minimum atomic E-state index is 0. The smallest absolute Gasteiger partial charge is 0.191 e. The Bertz CT molecular complexity index is 199. The molecule has 0 aromatic carbocycles. The summed E-state index contributed by atoms with van der Waals surface area (Å²) in [6.07, 6.45) is 4.48. The maximum Gasteiger partial charge on any atom is 0.191 e. The third-order valence-corrected chi connectivity index (χ3v) is 2.62. The average Bonchev–Trinajstić information content (AvgIpc) is 2.44. The highest BCUT2D eigenvalue weighted by molar-refractivity contribution is 14.0. The molecule has 5 nitrogen and oxygen atoms in total. The molecule has 6 heteroatoms. The number of aliphatic imine (C=N–C) groups is 1. The van der Waals surface area contributed by atoms with Crippen LogP contribution in [0.3, 0.4) is 0 Å². The standard InChI is InChI=1S/C14H31N3O2.HI/c1-4-6-11-19-13-10-17-14(15-3)16-9-7-8-12-18-5-2;/h4-13H2,1-3H3,(H2,15,16,17);1H. The molecule has 2 N–H and O–H groups in total. The summed E-state index contributed by atoms with van der Waals surface area (Å²) in [7, 11) is 1.79. The number of hydrogen-bond acceptors (Lipinski definition) is 3. The Morgan fingerprint density at radius 3 is 2.25 bits per heavy atom. The predicted octanol–water partition coefficient (Wildman–Crippen LogP) is 2.40. The van der Waals surface area contributed by atoms with Crippen LogP contribution in [0, 0.1) is 0 Å². The van der Waals surface area contributed by atoms with Gasteiger partial charge in [-0.3, -0.25) is 4.99 Å². The van der Waals surface area contributed by atoms with E-state index in [-0.39, 0.29) is 24.0 Å². The Morgan fingerprint density at radius 2 is 1.60 bits per heavy atom. The second-order valence-electron chi connectivity index (χ2n) is 4.30. The zero-order chi connectivity index (χ0) is 14.2. The first-order valence-corrected chi connectivity index (χ1v) is 7.45. The van der Waals surface area contributed by atoms with Gasteiger partial charge in [0.05, 0.1) is 6.61 Å². The molecule has 0 aromatic heterocycles. The predicted molar refractivity (Wildman–Crippen MR) is 96.2 cm³/mol. The van der Waals surface area contributed by atoms with Gasteiger partial charge in [0.1, 0.15) is 0 Å². The quantitative estimate of drug-likeness (QED) is 0.228. The third-order valence-electron chi connectivity index (χ3n) is 2.62. The van der Waals surface area contributed by atoms with Crippen LogP contribution >= 0.6 is 24.0 Å². The maximum atomic E-state index is 5.48. The molecule has 0 spiro atoms. The van der Waals surface area contributed by atoms with Crippen LogP contribution in [0.1, 0.15) is 39.5 Å². The van der Waals surface area contributed by atoms with Crippen molar-refractivity contribution >= 4 is 29.9 Å². The number of ether oxygens (including phenoxy) is 2. The van der Waals surface area contributed by atoms with Crippen LogP contribution in [0.15, 0.2) is 4.99 Å². The fourth-order valence-electron chi connectivity index (χ4n) is 1.49. The van der Waals surface area contributed by atoms with Crippen molar-refractivity contribution in [3.8, 4) is 0 Å². The fourth-order valence-corrected chi connectivity index (χ4v) is 1.49. The highest BCUT2D eigenvalue weighted by atomic mass is 127. The lowest BCUT2D eigenvalue weighted by molar-refractivity contribution is 0.136. The van der Waals surface area contributed by atoms with E-state index in [0.717, 1.165) is 64.7 Å². The molecule has 0 fully saturated rings. The van der Waals surface area contributed by atoms with E-state index < -0.39 is 0 Å². The Hall–Kier alpha value is -0.0800. The zero-order valence-corrected chi connectivity index (χ0v) is 15.6. The fraction of sp³-hybridized carbons (Fsp3) is 0.929. The number of unbranched alkanes of at least 4 members (excludes halogenated alkanes) is 2. The molecular formula is C14H32IN3O2. The average molecular weight is 401 g/mol. The molecule has 0 saturated heterocycles. The van der Waals surface area contributed by atoms with E-state index in [0.29, 0.717) is 0 Å². The van der Waals surface area contributed by atoms with Gasteiger partial charge >= 0.3 is 0 Å². The molecule has 0 aliphatic carbocycles. The molecule has 0 aliphatic rings. The van der Waals surface area contributed by atoms with Gasteiger partial charge in [-0.05, 0) is 26.2 Å². The second-order valence-corrected chi connectivity index (χ2v) is 4.30. The molecule has 0 amide bonds. The Morgan fingerprint density at radius 1 is 0.900 bits per heavy atom. The summed E-state index contributed by atoms with van der Waals surface area (Å²) >= 11 is 0. The molecule has 0 atom stereocenters. The lowest BCUT2D eigenvalue weighted by Gasteiger charge is -2.12. The minimum absolute atomic E-state index is 0. The van der Waals surface area contributed by atoms with Crippen molar-refractivity contribution in [2.75, 3.05) is 46.6 Å². The molecule has 0 radical (unpaired) electrons. The summed E-state index contributed by atoms with van der Waals surface area (Å²) in [5, 5.41) is 6.51. The number of nitrogens with zero attached hydrogens (tertiary/aromatic N) is 1. The number of hydrogen-bond donors (Lipinski definition) is 2. The van der Waals surface area contributed by atoms with E-state index >= 15 is 0 Å². The van der Waals surface area contributed by atoms with Crippen molar-refractivity contribution in [2.24, 2.45) is 4.99 Å².